The average Bonchev–Trinajstić information content (AvgIpc) is 2.53. The monoisotopic (exact) mass is 422 g/mol. The first kappa shape index (κ1) is 19.7. The van der Waals surface area contributed by atoms with Gasteiger partial charge in [-0.3, -0.25) is 4.79 Å². The molecule has 0 unspecified atom stereocenters. The summed E-state index contributed by atoms with van der Waals surface area (Å²) in [5.74, 6) is 0.994. The number of ketones is 1. The zero-order chi connectivity index (χ0) is 19.3. The van der Waals surface area contributed by atoms with Crippen LogP contribution in [0.25, 0.3) is 0 Å². The number of carbonyl (C=O) groups excluding carboxylic acids is 1. The van der Waals surface area contributed by atoms with Crippen molar-refractivity contribution in [2.75, 3.05) is 5.33 Å². The Bertz CT molecular complexity index is 684. The number of fused-ring (bicyclic) bond motifs is 2. The molecule has 3 fully saturated rings. The van der Waals surface area contributed by atoms with Gasteiger partial charge in [-0.25, -0.2) is 0 Å². The van der Waals surface area contributed by atoms with Gasteiger partial charge in [0.25, 0.3) is 0 Å². The summed E-state index contributed by atoms with van der Waals surface area (Å²) in [6.07, 6.45) is 4.52. The largest absolute Gasteiger partial charge is 0.508 e. The number of rotatable bonds is 6. The maximum absolute atomic E-state index is 12.5. The Labute approximate surface area is 165 Å². The number of carbonyl (C=O) groups is 1. The second-order valence-corrected chi connectivity index (χ2v) is 10.2. The molecule has 2 N–H and O–H groups in total. The van der Waals surface area contributed by atoms with Crippen LogP contribution in [0.2, 0.25) is 0 Å². The lowest BCUT2D eigenvalue weighted by atomic mass is 9.44. The van der Waals surface area contributed by atoms with Crippen LogP contribution in [-0.2, 0) is 10.2 Å². The van der Waals surface area contributed by atoms with Gasteiger partial charge in [0.15, 0.2) is 0 Å². The lowest BCUT2D eigenvalue weighted by Gasteiger charge is -2.59. The van der Waals surface area contributed by atoms with Gasteiger partial charge in [0, 0.05) is 29.2 Å². The van der Waals surface area contributed by atoms with Crippen LogP contribution in [0.1, 0.15) is 76.8 Å². The molecule has 0 aromatic heterocycles. The van der Waals surface area contributed by atoms with Gasteiger partial charge >= 0.3 is 0 Å². The van der Waals surface area contributed by atoms with E-state index in [1.807, 2.05) is 12.1 Å². The van der Waals surface area contributed by atoms with Gasteiger partial charge in [0.2, 0.25) is 0 Å². The molecule has 0 amide bonds. The van der Waals surface area contributed by atoms with E-state index >= 15 is 0 Å². The van der Waals surface area contributed by atoms with E-state index in [0.717, 1.165) is 36.6 Å². The third-order valence-corrected chi connectivity index (χ3v) is 7.67. The Morgan fingerprint density at radius 3 is 2.31 bits per heavy atom. The number of halogens is 1. The SMILES string of the molecule is CC(C)(CCCCBr)c1cc(O)c([C@H]2CC(=O)[C@H]3C[C@@H]2C3(C)C)c(O)c1. The smallest absolute Gasteiger partial charge is 0.137 e. The number of hydrogen-bond donors (Lipinski definition) is 2. The standard InChI is InChI=1S/C22H31BrO3/c1-21(2,7-5-6-8-23)13-9-18(25)20(19(26)10-13)14-11-17(24)16-12-15(14)22(16,3)4/h9-10,14-16,25-26H,5-8,11-12H2,1-4H3/t14-,15-,16+/m0/s1. The van der Waals surface area contributed by atoms with Crippen LogP contribution < -0.4 is 0 Å². The van der Waals surface area contributed by atoms with Gasteiger partial charge in [-0.15, -0.1) is 0 Å². The molecule has 4 heteroatoms. The molecular formula is C22H31BrO3. The third-order valence-electron chi connectivity index (χ3n) is 7.11. The van der Waals surface area contributed by atoms with Crippen LogP contribution in [0.4, 0.5) is 0 Å². The highest BCUT2D eigenvalue weighted by molar-refractivity contribution is 9.09. The predicted octanol–water partition coefficient (Wildman–Crippen LogP) is 5.66. The third kappa shape index (κ3) is 3.19. The van der Waals surface area contributed by atoms with Crippen molar-refractivity contribution in [3.8, 4) is 11.5 Å². The van der Waals surface area contributed by atoms with Crippen LogP contribution >= 0.6 is 15.9 Å². The number of benzene rings is 1. The van der Waals surface area contributed by atoms with Crippen molar-refractivity contribution in [1.29, 1.82) is 0 Å². The van der Waals surface area contributed by atoms with E-state index in [2.05, 4.69) is 43.6 Å². The zero-order valence-corrected chi connectivity index (χ0v) is 17.9. The second-order valence-electron chi connectivity index (χ2n) is 9.45. The minimum Gasteiger partial charge on any atom is -0.508 e. The predicted molar refractivity (Wildman–Crippen MR) is 108 cm³/mol. The van der Waals surface area contributed by atoms with Crippen molar-refractivity contribution in [2.24, 2.45) is 17.3 Å². The highest BCUT2D eigenvalue weighted by Crippen LogP contribution is 2.64. The summed E-state index contributed by atoms with van der Waals surface area (Å²) >= 11 is 3.47. The van der Waals surface area contributed by atoms with Crippen molar-refractivity contribution in [2.45, 2.75) is 71.1 Å². The first-order valence-corrected chi connectivity index (χ1v) is 10.9. The van der Waals surface area contributed by atoms with E-state index in [4.69, 9.17) is 0 Å². The van der Waals surface area contributed by atoms with Gasteiger partial charge in [0.1, 0.15) is 17.3 Å². The molecule has 1 aromatic carbocycles. The molecule has 0 radical (unpaired) electrons. The van der Waals surface area contributed by atoms with Crippen molar-refractivity contribution in [1.82, 2.24) is 0 Å². The fraction of sp³-hybridized carbons (Fsp3) is 0.682. The lowest BCUT2D eigenvalue weighted by molar-refractivity contribution is -0.151. The normalized spacial score (nSPS) is 27.3. The summed E-state index contributed by atoms with van der Waals surface area (Å²) in [5.41, 5.74) is 1.39. The van der Waals surface area contributed by atoms with Gasteiger partial charge in [0.05, 0.1) is 0 Å². The molecular weight excluding hydrogens is 392 g/mol. The summed E-state index contributed by atoms with van der Waals surface area (Å²) in [4.78, 5) is 12.5. The fourth-order valence-corrected chi connectivity index (χ4v) is 5.59. The number of phenolic OH excluding ortho intramolecular Hbond substituents is 2. The molecule has 3 saturated carbocycles. The van der Waals surface area contributed by atoms with E-state index in [0.29, 0.717) is 17.9 Å². The molecule has 0 saturated heterocycles. The molecule has 4 rings (SSSR count). The zero-order valence-electron chi connectivity index (χ0n) is 16.3. The molecule has 3 aliphatic carbocycles. The lowest BCUT2D eigenvalue weighted by Crippen LogP contribution is -2.56. The molecule has 0 aliphatic heterocycles. The van der Waals surface area contributed by atoms with Crippen molar-refractivity contribution >= 4 is 21.7 Å². The van der Waals surface area contributed by atoms with E-state index in [1.54, 1.807) is 0 Å². The maximum Gasteiger partial charge on any atom is 0.137 e. The summed E-state index contributed by atoms with van der Waals surface area (Å²) in [6, 6.07) is 3.62. The quantitative estimate of drug-likeness (QED) is 0.459. The molecule has 0 heterocycles. The summed E-state index contributed by atoms with van der Waals surface area (Å²) in [6.45, 7) is 8.59. The summed E-state index contributed by atoms with van der Waals surface area (Å²) in [5, 5.41) is 22.5. The Hall–Kier alpha value is -1.03. The Balaban J connectivity index is 1.90. The number of aromatic hydroxyl groups is 2. The first-order chi connectivity index (χ1) is 12.1. The Morgan fingerprint density at radius 2 is 1.81 bits per heavy atom. The van der Waals surface area contributed by atoms with Crippen molar-refractivity contribution < 1.29 is 15.0 Å². The average molecular weight is 423 g/mol. The van der Waals surface area contributed by atoms with E-state index in [1.165, 1.54) is 0 Å². The topological polar surface area (TPSA) is 57.5 Å². The van der Waals surface area contributed by atoms with Crippen LogP contribution in [0.15, 0.2) is 12.1 Å². The van der Waals surface area contributed by atoms with Gasteiger partial charge < -0.3 is 10.2 Å². The van der Waals surface area contributed by atoms with Crippen LogP contribution in [0, 0.1) is 17.3 Å². The molecule has 2 bridgehead atoms. The maximum atomic E-state index is 12.5. The minimum atomic E-state index is -0.112. The number of phenols is 2. The molecule has 0 spiro atoms. The molecule has 144 valence electrons. The summed E-state index contributed by atoms with van der Waals surface area (Å²) in [7, 11) is 0. The molecule has 3 nitrogen and oxygen atoms in total. The molecule has 3 atom stereocenters. The number of Topliss-reactive ketones (excluding diaryl/α,β-unsaturated/α-hetero) is 1. The number of alkyl halides is 1. The Morgan fingerprint density at radius 1 is 1.19 bits per heavy atom. The fourth-order valence-electron chi connectivity index (χ4n) is 5.19. The van der Waals surface area contributed by atoms with E-state index in [9.17, 15) is 15.0 Å². The highest BCUT2D eigenvalue weighted by Gasteiger charge is 2.59. The van der Waals surface area contributed by atoms with Gasteiger partial charge in [-0.05, 0) is 53.7 Å². The highest BCUT2D eigenvalue weighted by atomic mass is 79.9. The van der Waals surface area contributed by atoms with Crippen LogP contribution in [-0.4, -0.2) is 21.3 Å². The van der Waals surface area contributed by atoms with E-state index in [-0.39, 0.29) is 39.9 Å². The first-order valence-electron chi connectivity index (χ1n) is 9.74. The molecule has 1 aromatic rings. The molecule has 3 aliphatic rings. The second kappa shape index (κ2) is 6.85. The van der Waals surface area contributed by atoms with Crippen molar-refractivity contribution in [3.05, 3.63) is 23.3 Å². The van der Waals surface area contributed by atoms with Gasteiger partial charge in [-0.2, -0.15) is 0 Å². The summed E-state index contributed by atoms with van der Waals surface area (Å²) < 4.78 is 0. The van der Waals surface area contributed by atoms with Crippen LogP contribution in [0.3, 0.4) is 0 Å². The van der Waals surface area contributed by atoms with Gasteiger partial charge in [-0.1, -0.05) is 50.0 Å². The number of unbranched alkanes of at least 4 members (excludes halogenated alkanes) is 1. The minimum absolute atomic E-state index is 0.0352. The van der Waals surface area contributed by atoms with Crippen LogP contribution in [0.5, 0.6) is 11.5 Å². The van der Waals surface area contributed by atoms with Crippen molar-refractivity contribution in [3.63, 3.8) is 0 Å². The number of hydrogen-bond acceptors (Lipinski definition) is 3. The molecule has 26 heavy (non-hydrogen) atoms. The Kier molecular flexibility index (Phi) is 5.20. The van der Waals surface area contributed by atoms with E-state index < -0.39 is 0 Å².